The van der Waals surface area contributed by atoms with Crippen LogP contribution in [0.2, 0.25) is 5.02 Å². The number of nitrogens with zero attached hydrogens (tertiary/aromatic N) is 3. The topological polar surface area (TPSA) is 106 Å². The second kappa shape index (κ2) is 9.21. The van der Waals surface area contributed by atoms with E-state index in [2.05, 4.69) is 15.3 Å². The van der Waals surface area contributed by atoms with Gasteiger partial charge in [0.2, 0.25) is 0 Å². The lowest BCUT2D eigenvalue weighted by Gasteiger charge is -2.33. The minimum Gasteiger partial charge on any atom is -0.488 e. The molecule has 2 N–H and O–H groups in total. The van der Waals surface area contributed by atoms with Crippen LogP contribution in [0.4, 0.5) is 24.7 Å². The highest BCUT2D eigenvalue weighted by Gasteiger charge is 2.36. The van der Waals surface area contributed by atoms with Crippen molar-refractivity contribution in [1.29, 1.82) is 0 Å². The molecule has 184 valence electrons. The van der Waals surface area contributed by atoms with E-state index >= 15 is 0 Å². The zero-order valence-electron chi connectivity index (χ0n) is 18.6. The van der Waals surface area contributed by atoms with Gasteiger partial charge in [0.15, 0.2) is 5.82 Å². The summed E-state index contributed by atoms with van der Waals surface area (Å²) in [7, 11) is 0. The summed E-state index contributed by atoms with van der Waals surface area (Å²) < 4.78 is 45.8. The molecular weight excluding hydrogens is 489 g/mol. The molecule has 3 aromatic rings. The fourth-order valence-corrected chi connectivity index (χ4v) is 3.96. The number of pyridine rings is 1. The van der Waals surface area contributed by atoms with E-state index in [-0.39, 0.29) is 22.6 Å². The van der Waals surface area contributed by atoms with Crippen molar-refractivity contribution in [3.05, 3.63) is 68.9 Å². The second-order valence-corrected chi connectivity index (χ2v) is 8.63. The molecule has 1 aromatic carbocycles. The van der Waals surface area contributed by atoms with Crippen molar-refractivity contribution < 1.29 is 27.8 Å². The Kier molecular flexibility index (Phi) is 6.46. The first-order valence-corrected chi connectivity index (χ1v) is 10.9. The summed E-state index contributed by atoms with van der Waals surface area (Å²) in [6, 6.07) is 4.38. The minimum atomic E-state index is -4.55. The predicted molar refractivity (Wildman–Crippen MR) is 122 cm³/mol. The Morgan fingerprint density at radius 1 is 1.26 bits per heavy atom. The van der Waals surface area contributed by atoms with Crippen LogP contribution < -0.4 is 15.6 Å². The number of ether oxygens (including phenoxy) is 1. The van der Waals surface area contributed by atoms with E-state index in [4.69, 9.17) is 21.4 Å². The van der Waals surface area contributed by atoms with Crippen molar-refractivity contribution in [3.8, 4) is 11.6 Å². The van der Waals surface area contributed by atoms with Crippen molar-refractivity contribution in [2.24, 2.45) is 5.92 Å². The van der Waals surface area contributed by atoms with Gasteiger partial charge in [-0.3, -0.25) is 14.2 Å². The highest BCUT2D eigenvalue weighted by Crippen LogP contribution is 2.35. The zero-order valence-corrected chi connectivity index (χ0v) is 19.3. The van der Waals surface area contributed by atoms with E-state index in [0.29, 0.717) is 35.7 Å². The van der Waals surface area contributed by atoms with Crippen LogP contribution in [0, 0.1) is 19.8 Å². The van der Waals surface area contributed by atoms with Gasteiger partial charge in [-0.2, -0.15) is 13.2 Å². The molecule has 8 nitrogen and oxygen atoms in total. The Morgan fingerprint density at radius 3 is 2.57 bits per heavy atom. The van der Waals surface area contributed by atoms with Gasteiger partial charge in [-0.1, -0.05) is 11.6 Å². The number of nitrogens with one attached hydrogen (secondary N) is 1. The van der Waals surface area contributed by atoms with Crippen LogP contribution in [0.25, 0.3) is 5.82 Å². The van der Waals surface area contributed by atoms with Crippen LogP contribution in [0.3, 0.4) is 0 Å². The molecule has 1 aliphatic rings. The number of carboxylic acid groups (broad SMARTS) is 1. The molecule has 0 atom stereocenters. The first-order chi connectivity index (χ1) is 16.4. The number of anilines is 2. The van der Waals surface area contributed by atoms with E-state index in [0.717, 1.165) is 18.2 Å². The Bertz CT molecular complexity index is 1330. The molecule has 35 heavy (non-hydrogen) atoms. The third-order valence-electron chi connectivity index (χ3n) is 5.68. The van der Waals surface area contributed by atoms with Gasteiger partial charge in [-0.25, -0.2) is 9.97 Å². The number of aliphatic carboxylic acids is 1. The summed E-state index contributed by atoms with van der Waals surface area (Å²) >= 11 is 5.98. The molecule has 0 unspecified atom stereocenters. The van der Waals surface area contributed by atoms with Crippen LogP contribution in [0.1, 0.15) is 29.7 Å². The molecule has 0 aliphatic heterocycles. The van der Waals surface area contributed by atoms with Gasteiger partial charge >= 0.3 is 12.1 Å². The van der Waals surface area contributed by atoms with E-state index in [9.17, 15) is 22.8 Å². The second-order valence-electron chi connectivity index (χ2n) is 8.23. The Labute approximate surface area is 202 Å². The smallest absolute Gasteiger partial charge is 0.416 e. The van der Waals surface area contributed by atoms with Crippen LogP contribution in [-0.2, 0) is 11.0 Å². The third-order valence-corrected chi connectivity index (χ3v) is 5.99. The van der Waals surface area contributed by atoms with Gasteiger partial charge < -0.3 is 15.2 Å². The standard InChI is InChI=1S/C23H20ClF3N4O4/c1-11-7-18(29-12(2)19(11)35-15-8-13(9-15)22(33)34)31-6-5-28-20(21(31)32)30-17-4-3-14(10-16(17)24)23(25,26)27/h3-7,10,13,15H,8-9H2,1-2H3,(H,28,30)(H,33,34). The van der Waals surface area contributed by atoms with Crippen molar-refractivity contribution >= 4 is 29.1 Å². The first kappa shape index (κ1) is 24.5. The lowest BCUT2D eigenvalue weighted by molar-refractivity contribution is -0.148. The van der Waals surface area contributed by atoms with Crippen molar-refractivity contribution in [1.82, 2.24) is 14.5 Å². The molecule has 0 radical (unpaired) electrons. The SMILES string of the molecule is Cc1cc(-n2ccnc(Nc3ccc(C(F)(F)F)cc3Cl)c2=O)nc(C)c1OC1CC(C(=O)O)C1. The monoisotopic (exact) mass is 508 g/mol. The minimum absolute atomic E-state index is 0.0891. The molecule has 1 fully saturated rings. The quantitative estimate of drug-likeness (QED) is 0.487. The number of halogens is 4. The summed E-state index contributed by atoms with van der Waals surface area (Å²) in [5, 5.41) is 11.5. The summed E-state index contributed by atoms with van der Waals surface area (Å²) in [6.45, 7) is 3.50. The number of hydrogen-bond donors (Lipinski definition) is 2. The molecule has 0 saturated heterocycles. The number of hydrogen-bond acceptors (Lipinski definition) is 6. The van der Waals surface area contributed by atoms with Crippen LogP contribution in [0.15, 0.2) is 41.5 Å². The number of carboxylic acids is 1. The number of aryl methyl sites for hydroxylation is 2. The summed E-state index contributed by atoms with van der Waals surface area (Å²) in [4.78, 5) is 32.5. The van der Waals surface area contributed by atoms with Gasteiger partial charge in [0.05, 0.1) is 27.9 Å². The van der Waals surface area contributed by atoms with E-state index in [1.807, 2.05) is 0 Å². The molecule has 4 rings (SSSR count). The lowest BCUT2D eigenvalue weighted by atomic mass is 9.82. The molecule has 1 saturated carbocycles. The maximum absolute atomic E-state index is 13.0. The highest BCUT2D eigenvalue weighted by atomic mass is 35.5. The largest absolute Gasteiger partial charge is 0.488 e. The predicted octanol–water partition coefficient (Wildman–Crippen LogP) is 4.90. The average molecular weight is 509 g/mol. The maximum Gasteiger partial charge on any atom is 0.416 e. The van der Waals surface area contributed by atoms with Gasteiger partial charge in [-0.05, 0) is 56.5 Å². The molecule has 0 spiro atoms. The molecule has 0 amide bonds. The Balaban J connectivity index is 1.58. The van der Waals surface area contributed by atoms with E-state index in [1.165, 1.54) is 17.0 Å². The third kappa shape index (κ3) is 5.09. The van der Waals surface area contributed by atoms with Gasteiger partial charge in [0, 0.05) is 12.4 Å². The number of benzene rings is 1. The Morgan fingerprint density at radius 2 is 1.97 bits per heavy atom. The molecular formula is C23H20ClF3N4O4. The average Bonchev–Trinajstić information content (AvgIpc) is 2.73. The maximum atomic E-state index is 13.0. The van der Waals surface area contributed by atoms with Crippen molar-refractivity contribution in [2.45, 2.75) is 39.0 Å². The van der Waals surface area contributed by atoms with Crippen LogP contribution in [0.5, 0.6) is 5.75 Å². The van der Waals surface area contributed by atoms with Crippen LogP contribution in [-0.4, -0.2) is 31.7 Å². The Hall–Kier alpha value is -3.60. The zero-order chi connectivity index (χ0) is 25.5. The fraction of sp³-hybridized carbons (Fsp3) is 0.304. The fourth-order valence-electron chi connectivity index (χ4n) is 3.73. The van der Waals surface area contributed by atoms with E-state index in [1.54, 1.807) is 19.9 Å². The number of aromatic nitrogens is 3. The number of alkyl halides is 3. The molecule has 2 heterocycles. The van der Waals surface area contributed by atoms with Gasteiger partial charge in [-0.15, -0.1) is 0 Å². The molecule has 1 aliphatic carbocycles. The number of rotatable bonds is 6. The van der Waals surface area contributed by atoms with Crippen molar-refractivity contribution in [3.63, 3.8) is 0 Å². The molecule has 0 bridgehead atoms. The summed E-state index contributed by atoms with van der Waals surface area (Å²) in [5.74, 6) is -0.586. The number of carbonyl (C=O) groups is 1. The van der Waals surface area contributed by atoms with Gasteiger partial charge in [0.25, 0.3) is 5.56 Å². The first-order valence-electron chi connectivity index (χ1n) is 10.5. The van der Waals surface area contributed by atoms with Crippen LogP contribution >= 0.6 is 11.6 Å². The highest BCUT2D eigenvalue weighted by molar-refractivity contribution is 6.33. The van der Waals surface area contributed by atoms with Gasteiger partial charge in [0.1, 0.15) is 17.7 Å². The lowest BCUT2D eigenvalue weighted by Crippen LogP contribution is -2.38. The summed E-state index contributed by atoms with van der Waals surface area (Å²) in [5.41, 5.74) is -0.194. The summed E-state index contributed by atoms with van der Waals surface area (Å²) in [6.07, 6.45) is -1.17. The normalized spacial score (nSPS) is 17.5. The van der Waals surface area contributed by atoms with E-state index < -0.39 is 29.2 Å². The molecule has 2 aromatic heterocycles. The molecule has 12 heteroatoms. The van der Waals surface area contributed by atoms with Crippen molar-refractivity contribution in [2.75, 3.05) is 5.32 Å².